The molecule has 4 nitrogen and oxygen atoms in total. The molecular weight excluding hydrogens is 348 g/mol. The van der Waals surface area contributed by atoms with Crippen molar-refractivity contribution in [2.45, 2.75) is 20.4 Å². The van der Waals surface area contributed by atoms with E-state index in [1.54, 1.807) is 0 Å². The fourth-order valence-electron chi connectivity index (χ4n) is 2.14. The number of hydrogen-bond acceptors (Lipinski definition) is 4. The summed E-state index contributed by atoms with van der Waals surface area (Å²) in [4.78, 5) is 2.36. The number of nitrogens with two attached hydrogens (primary N) is 1. The molecule has 2 rings (SSSR count). The minimum absolute atomic E-state index is 0.349. The Kier molecular flexibility index (Phi) is 4.90. The Morgan fingerprint density at radius 1 is 1.33 bits per heavy atom. The van der Waals surface area contributed by atoms with Crippen LogP contribution >= 0.6 is 28.1 Å². The highest BCUT2D eigenvalue weighted by atomic mass is 79.9. The van der Waals surface area contributed by atoms with Gasteiger partial charge in [-0.1, -0.05) is 40.3 Å². The van der Waals surface area contributed by atoms with Crippen molar-refractivity contribution in [3.63, 3.8) is 0 Å². The first-order chi connectivity index (χ1) is 9.90. The molecule has 0 aliphatic rings. The Bertz CT molecular complexity index is 687. The second kappa shape index (κ2) is 6.49. The zero-order valence-electron chi connectivity index (χ0n) is 12.2. The molecule has 21 heavy (non-hydrogen) atoms. The van der Waals surface area contributed by atoms with E-state index in [0.717, 1.165) is 21.3 Å². The van der Waals surface area contributed by atoms with Gasteiger partial charge in [-0.25, -0.2) is 0 Å². The van der Waals surface area contributed by atoms with Crippen molar-refractivity contribution >= 4 is 39.0 Å². The van der Waals surface area contributed by atoms with E-state index < -0.39 is 0 Å². The molecule has 0 saturated carbocycles. The molecule has 1 aromatic heterocycles. The van der Waals surface area contributed by atoms with E-state index >= 15 is 0 Å². The summed E-state index contributed by atoms with van der Waals surface area (Å²) in [7, 11) is 1.96. The molecule has 0 radical (unpaired) electrons. The highest BCUT2D eigenvalue weighted by Gasteiger charge is 2.17. The van der Waals surface area contributed by atoms with Gasteiger partial charge >= 0.3 is 0 Å². The van der Waals surface area contributed by atoms with Crippen LogP contribution in [-0.2, 0) is 6.54 Å². The molecule has 0 spiro atoms. The highest BCUT2D eigenvalue weighted by Crippen LogP contribution is 2.23. The Morgan fingerprint density at radius 3 is 2.67 bits per heavy atom. The molecule has 0 fully saturated rings. The first-order valence-electron chi connectivity index (χ1n) is 6.49. The molecule has 0 unspecified atom stereocenters. The molecule has 0 saturated heterocycles. The summed E-state index contributed by atoms with van der Waals surface area (Å²) in [6.07, 6.45) is 0. The van der Waals surface area contributed by atoms with Crippen LogP contribution in [0.15, 0.2) is 28.7 Å². The van der Waals surface area contributed by atoms with Gasteiger partial charge in [0.2, 0.25) is 0 Å². The van der Waals surface area contributed by atoms with Crippen LogP contribution in [0, 0.1) is 13.8 Å². The second-order valence-corrected chi connectivity index (χ2v) is 6.31. The van der Waals surface area contributed by atoms with Crippen molar-refractivity contribution in [2.75, 3.05) is 11.9 Å². The third-order valence-electron chi connectivity index (χ3n) is 3.35. The van der Waals surface area contributed by atoms with E-state index in [4.69, 9.17) is 18.0 Å². The topological polar surface area (TPSA) is 55.0 Å². The van der Waals surface area contributed by atoms with Crippen LogP contribution in [0.25, 0.3) is 0 Å². The zero-order valence-corrected chi connectivity index (χ0v) is 14.6. The van der Waals surface area contributed by atoms with Gasteiger partial charge in [0.25, 0.3) is 0 Å². The molecule has 110 valence electrons. The van der Waals surface area contributed by atoms with Gasteiger partial charge in [-0.2, -0.15) is 5.10 Å². The highest BCUT2D eigenvalue weighted by molar-refractivity contribution is 9.10. The van der Waals surface area contributed by atoms with Crippen LogP contribution in [0.4, 0.5) is 5.82 Å². The third-order valence-corrected chi connectivity index (χ3v) is 4.05. The maximum Gasteiger partial charge on any atom is 0.161 e. The van der Waals surface area contributed by atoms with Crippen molar-refractivity contribution < 1.29 is 0 Å². The maximum absolute atomic E-state index is 5.87. The van der Waals surface area contributed by atoms with Crippen LogP contribution in [0.3, 0.4) is 0 Å². The molecular formula is C15H17BrN4S. The van der Waals surface area contributed by atoms with Gasteiger partial charge in [0, 0.05) is 18.1 Å². The summed E-state index contributed by atoms with van der Waals surface area (Å²) < 4.78 is 1.05. The molecule has 1 aromatic carbocycles. The van der Waals surface area contributed by atoms with E-state index in [9.17, 15) is 0 Å². The smallest absolute Gasteiger partial charge is 0.161 e. The minimum atomic E-state index is 0.349. The normalized spacial score (nSPS) is 10.5. The number of hydrogen-bond donors (Lipinski definition) is 1. The monoisotopic (exact) mass is 364 g/mol. The van der Waals surface area contributed by atoms with Crippen LogP contribution in [-0.4, -0.2) is 22.2 Å². The Morgan fingerprint density at radius 2 is 2.05 bits per heavy atom. The average molecular weight is 365 g/mol. The molecule has 1 heterocycles. The van der Waals surface area contributed by atoms with Crippen molar-refractivity contribution in [2.24, 2.45) is 5.73 Å². The Balaban J connectivity index is 2.37. The largest absolute Gasteiger partial charge is 0.389 e. The van der Waals surface area contributed by atoms with Gasteiger partial charge in [0.05, 0.1) is 11.3 Å². The van der Waals surface area contributed by atoms with Gasteiger partial charge in [-0.15, -0.1) is 5.10 Å². The van der Waals surface area contributed by atoms with Gasteiger partial charge in [0.15, 0.2) is 5.82 Å². The number of benzene rings is 1. The lowest BCUT2D eigenvalue weighted by Crippen LogP contribution is -2.25. The fraction of sp³-hybridized carbons (Fsp3) is 0.267. The predicted octanol–water partition coefficient (Wildman–Crippen LogP) is 3.13. The SMILES string of the molecule is Cc1nnc(N(C)Cc2cccc(Br)c2)c(C(N)=S)c1C. The van der Waals surface area contributed by atoms with E-state index in [-0.39, 0.29) is 0 Å². The van der Waals surface area contributed by atoms with Crippen LogP contribution in [0.2, 0.25) is 0 Å². The summed E-state index contributed by atoms with van der Waals surface area (Å²) in [5, 5.41) is 8.46. The number of aryl methyl sites for hydroxylation is 1. The van der Waals surface area contributed by atoms with Crippen molar-refractivity contribution in [3.8, 4) is 0 Å². The van der Waals surface area contributed by atoms with Crippen molar-refractivity contribution in [1.29, 1.82) is 0 Å². The first-order valence-corrected chi connectivity index (χ1v) is 7.69. The lowest BCUT2D eigenvalue weighted by molar-refractivity contribution is 0.848. The van der Waals surface area contributed by atoms with E-state index in [2.05, 4.69) is 38.3 Å². The van der Waals surface area contributed by atoms with E-state index in [0.29, 0.717) is 17.4 Å². The zero-order chi connectivity index (χ0) is 15.6. The molecule has 0 bridgehead atoms. The molecule has 0 aliphatic heterocycles. The summed E-state index contributed by atoms with van der Waals surface area (Å²) in [5.74, 6) is 0.713. The summed E-state index contributed by atoms with van der Waals surface area (Å²) in [5.41, 5.74) is 9.66. The molecule has 0 atom stereocenters. The summed E-state index contributed by atoms with van der Waals surface area (Å²) in [6.45, 7) is 4.57. The molecule has 6 heteroatoms. The average Bonchev–Trinajstić information content (AvgIpc) is 2.41. The third kappa shape index (κ3) is 3.57. The number of aromatic nitrogens is 2. The van der Waals surface area contributed by atoms with Crippen molar-refractivity contribution in [1.82, 2.24) is 10.2 Å². The van der Waals surface area contributed by atoms with Crippen molar-refractivity contribution in [3.05, 3.63) is 51.1 Å². The molecule has 0 aliphatic carbocycles. The molecule has 2 N–H and O–H groups in total. The lowest BCUT2D eigenvalue weighted by atomic mass is 10.1. The van der Waals surface area contributed by atoms with Crippen LogP contribution in [0.5, 0.6) is 0 Å². The summed E-state index contributed by atoms with van der Waals surface area (Å²) in [6, 6.07) is 8.15. The maximum atomic E-state index is 5.87. The van der Waals surface area contributed by atoms with Gasteiger partial charge in [0.1, 0.15) is 4.99 Å². The van der Waals surface area contributed by atoms with Crippen LogP contribution in [0.1, 0.15) is 22.4 Å². The number of nitrogens with zero attached hydrogens (tertiary/aromatic N) is 3. The first kappa shape index (κ1) is 15.9. The van der Waals surface area contributed by atoms with Crippen LogP contribution < -0.4 is 10.6 Å². The minimum Gasteiger partial charge on any atom is -0.389 e. The van der Waals surface area contributed by atoms with E-state index in [1.807, 2.05) is 37.9 Å². The Hall–Kier alpha value is -1.53. The standard InChI is InChI=1S/C15H17BrN4S/c1-9-10(2)18-19-15(13(9)14(17)21)20(3)8-11-5-4-6-12(16)7-11/h4-7H,8H2,1-3H3,(H2,17,21). The predicted molar refractivity (Wildman–Crippen MR) is 93.6 cm³/mol. The number of anilines is 1. The summed E-state index contributed by atoms with van der Waals surface area (Å²) >= 11 is 8.66. The lowest BCUT2D eigenvalue weighted by Gasteiger charge is -2.22. The number of thiocarbonyl (C=S) groups is 1. The second-order valence-electron chi connectivity index (χ2n) is 4.96. The van der Waals surface area contributed by atoms with Gasteiger partial charge in [-0.3, -0.25) is 0 Å². The fourth-order valence-corrected chi connectivity index (χ4v) is 2.83. The number of halogens is 1. The van der Waals surface area contributed by atoms with E-state index in [1.165, 1.54) is 5.56 Å². The molecule has 2 aromatic rings. The molecule has 0 amide bonds. The Labute approximate surface area is 138 Å². The van der Waals surface area contributed by atoms with Gasteiger partial charge < -0.3 is 10.6 Å². The number of rotatable bonds is 4. The quantitative estimate of drug-likeness (QED) is 0.844. The van der Waals surface area contributed by atoms with Gasteiger partial charge in [-0.05, 0) is 37.1 Å².